The van der Waals surface area contributed by atoms with Gasteiger partial charge in [0, 0.05) is 33.7 Å². The number of rotatable bonds is 4. The molecule has 2 rings (SSSR count). The normalized spacial score (nSPS) is 19.0. The molecule has 0 radical (unpaired) electrons. The number of carbonyl (C=O) groups is 2. The second-order valence-electron chi connectivity index (χ2n) is 7.32. The Morgan fingerprint density at radius 1 is 1.32 bits per heavy atom. The van der Waals surface area contributed by atoms with Gasteiger partial charge in [0.05, 0.1) is 5.88 Å². The topological polar surface area (TPSA) is 49.4 Å². The molecular weight excluding hydrogens is 379 g/mol. The maximum absolute atomic E-state index is 12.6. The largest absolute Gasteiger partial charge is 0.354 e. The molecule has 0 saturated carbocycles. The predicted molar refractivity (Wildman–Crippen MR) is 105 cm³/mol. The van der Waals surface area contributed by atoms with Gasteiger partial charge in [-0.25, -0.2) is 0 Å². The van der Waals surface area contributed by atoms with Crippen LogP contribution in [-0.4, -0.2) is 40.9 Å². The average Bonchev–Trinajstić information content (AvgIpc) is 3.00. The molecule has 1 aromatic carbocycles. The number of hydrogen-bond donors (Lipinski definition) is 1. The molecule has 0 bridgehead atoms. The van der Waals surface area contributed by atoms with Gasteiger partial charge in [0.25, 0.3) is 0 Å². The zero-order valence-electron chi connectivity index (χ0n) is 14.9. The zero-order valence-corrected chi connectivity index (χ0v) is 17.3. The Morgan fingerprint density at radius 2 is 1.92 bits per heavy atom. The first-order valence-electron chi connectivity index (χ1n) is 8.23. The molecule has 0 aliphatic carbocycles. The van der Waals surface area contributed by atoms with Gasteiger partial charge in [-0.15, -0.1) is 11.8 Å². The summed E-state index contributed by atoms with van der Waals surface area (Å²) in [5.41, 5.74) is 0.330. The first-order chi connectivity index (χ1) is 11.6. The monoisotopic (exact) mass is 402 g/mol. The number of benzene rings is 1. The highest BCUT2D eigenvalue weighted by molar-refractivity contribution is 7.99. The van der Waals surface area contributed by atoms with Gasteiger partial charge in [-0.05, 0) is 17.7 Å². The van der Waals surface area contributed by atoms with Crippen LogP contribution in [0.5, 0.6) is 0 Å². The molecule has 7 heteroatoms. The lowest BCUT2D eigenvalue weighted by Gasteiger charge is -2.29. The van der Waals surface area contributed by atoms with Crippen LogP contribution in [0.4, 0.5) is 0 Å². The van der Waals surface area contributed by atoms with Crippen molar-refractivity contribution in [1.82, 2.24) is 10.2 Å². The lowest BCUT2D eigenvalue weighted by atomic mass is 9.94. The van der Waals surface area contributed by atoms with Crippen LogP contribution in [0.25, 0.3) is 0 Å². The smallest absolute Gasteiger partial charge is 0.243 e. The predicted octanol–water partition coefficient (Wildman–Crippen LogP) is 4.16. The van der Waals surface area contributed by atoms with Crippen molar-refractivity contribution in [2.45, 2.75) is 39.7 Å². The van der Waals surface area contributed by atoms with Crippen molar-refractivity contribution in [3.8, 4) is 0 Å². The number of nitrogens with zero attached hydrogens (tertiary/aromatic N) is 1. The minimum atomic E-state index is -0.498. The quantitative estimate of drug-likeness (QED) is 0.821. The highest BCUT2D eigenvalue weighted by Crippen LogP contribution is 2.31. The highest BCUT2D eigenvalue weighted by atomic mass is 35.5. The Labute approximate surface area is 163 Å². The van der Waals surface area contributed by atoms with Crippen LogP contribution in [0.3, 0.4) is 0 Å². The number of halogens is 2. The van der Waals surface area contributed by atoms with Gasteiger partial charge in [-0.3, -0.25) is 9.59 Å². The Morgan fingerprint density at radius 3 is 2.48 bits per heavy atom. The fourth-order valence-corrected chi connectivity index (χ4v) is 4.67. The molecule has 4 nitrogen and oxygen atoms in total. The third kappa shape index (κ3) is 4.83. The van der Waals surface area contributed by atoms with E-state index in [2.05, 4.69) is 5.32 Å². The molecule has 1 aliphatic rings. The molecule has 2 unspecified atom stereocenters. The molecule has 0 spiro atoms. The zero-order chi connectivity index (χ0) is 18.8. The average molecular weight is 403 g/mol. The molecule has 1 aliphatic heterocycles. The fourth-order valence-electron chi connectivity index (χ4n) is 2.75. The molecule has 1 fully saturated rings. The molecule has 0 aromatic heterocycles. The SMILES string of the molecule is CC(CNC(=O)C1CSCN1C(=O)C(C)(C)C)c1c(Cl)cccc1Cl. The van der Waals surface area contributed by atoms with Crippen molar-refractivity contribution in [3.63, 3.8) is 0 Å². The number of nitrogens with one attached hydrogen (secondary N) is 1. The molecule has 1 aromatic rings. The van der Waals surface area contributed by atoms with Gasteiger partial charge >= 0.3 is 0 Å². The second-order valence-corrected chi connectivity index (χ2v) is 9.14. The van der Waals surface area contributed by atoms with E-state index in [0.717, 1.165) is 5.56 Å². The molecule has 1 N–H and O–H groups in total. The molecule has 1 saturated heterocycles. The Bertz CT molecular complexity index is 641. The lowest BCUT2D eigenvalue weighted by Crippen LogP contribution is -2.50. The van der Waals surface area contributed by atoms with Crippen LogP contribution in [0.15, 0.2) is 18.2 Å². The van der Waals surface area contributed by atoms with Crippen LogP contribution >= 0.6 is 35.0 Å². The van der Waals surface area contributed by atoms with Crippen LogP contribution < -0.4 is 5.32 Å². The maximum Gasteiger partial charge on any atom is 0.243 e. The number of carbonyl (C=O) groups excluding carboxylic acids is 2. The lowest BCUT2D eigenvalue weighted by molar-refractivity contribution is -0.144. The van der Waals surface area contributed by atoms with Crippen molar-refractivity contribution in [2.75, 3.05) is 18.2 Å². The van der Waals surface area contributed by atoms with Crippen LogP contribution in [0.1, 0.15) is 39.2 Å². The van der Waals surface area contributed by atoms with E-state index >= 15 is 0 Å². The Hall–Kier alpha value is -0.910. The number of thioether (sulfide) groups is 1. The van der Waals surface area contributed by atoms with E-state index in [1.807, 2.05) is 27.7 Å². The van der Waals surface area contributed by atoms with Gasteiger partial charge in [-0.2, -0.15) is 0 Å². The first-order valence-corrected chi connectivity index (χ1v) is 10.1. The van der Waals surface area contributed by atoms with E-state index in [9.17, 15) is 9.59 Å². The summed E-state index contributed by atoms with van der Waals surface area (Å²) in [5, 5.41) is 4.14. The van der Waals surface area contributed by atoms with Gasteiger partial charge in [0.2, 0.25) is 11.8 Å². The molecule has 2 atom stereocenters. The summed E-state index contributed by atoms with van der Waals surface area (Å²) in [4.78, 5) is 26.8. The third-order valence-corrected chi connectivity index (χ3v) is 5.83. The van der Waals surface area contributed by atoms with Gasteiger partial charge in [0.15, 0.2) is 0 Å². The van der Waals surface area contributed by atoms with Crippen molar-refractivity contribution in [3.05, 3.63) is 33.8 Å². The summed E-state index contributed by atoms with van der Waals surface area (Å²) >= 11 is 14.1. The number of amides is 2. The van der Waals surface area contributed by atoms with E-state index in [1.165, 1.54) is 0 Å². The summed E-state index contributed by atoms with van der Waals surface area (Å²) in [5.74, 6) is 1.03. The fraction of sp³-hybridized carbons (Fsp3) is 0.556. The van der Waals surface area contributed by atoms with E-state index in [4.69, 9.17) is 23.2 Å². The first kappa shape index (κ1) is 20.4. The molecule has 138 valence electrons. The maximum atomic E-state index is 12.6. The minimum Gasteiger partial charge on any atom is -0.354 e. The van der Waals surface area contributed by atoms with Crippen molar-refractivity contribution in [2.24, 2.45) is 5.41 Å². The standard InChI is InChI=1S/C18H24Cl2N2O2S/c1-11(15-12(19)6-5-7-13(15)20)8-21-16(23)14-9-25-10-22(14)17(24)18(2,3)4/h5-7,11,14H,8-10H2,1-4H3,(H,21,23). The van der Waals surface area contributed by atoms with Crippen LogP contribution in [0.2, 0.25) is 10.0 Å². The van der Waals surface area contributed by atoms with Crippen molar-refractivity contribution >= 4 is 46.8 Å². The van der Waals surface area contributed by atoms with Crippen molar-refractivity contribution < 1.29 is 9.59 Å². The molecule has 25 heavy (non-hydrogen) atoms. The van der Waals surface area contributed by atoms with E-state index in [1.54, 1.807) is 34.9 Å². The summed E-state index contributed by atoms with van der Waals surface area (Å²) in [6.07, 6.45) is 0. The van der Waals surface area contributed by atoms with E-state index < -0.39 is 11.5 Å². The summed E-state index contributed by atoms with van der Waals surface area (Å²) in [7, 11) is 0. The molecule has 1 heterocycles. The number of hydrogen-bond acceptors (Lipinski definition) is 3. The van der Waals surface area contributed by atoms with Crippen LogP contribution in [0, 0.1) is 5.41 Å². The Kier molecular flexibility index (Phi) is 6.68. The highest BCUT2D eigenvalue weighted by Gasteiger charge is 2.39. The molecular formula is C18H24Cl2N2O2S. The second kappa shape index (κ2) is 8.19. The third-order valence-electron chi connectivity index (χ3n) is 4.16. The summed E-state index contributed by atoms with van der Waals surface area (Å²) in [6.45, 7) is 7.99. The minimum absolute atomic E-state index is 0.000142. The Balaban J connectivity index is 2.01. The summed E-state index contributed by atoms with van der Waals surface area (Å²) < 4.78 is 0. The van der Waals surface area contributed by atoms with Gasteiger partial charge in [-0.1, -0.05) is 57.0 Å². The van der Waals surface area contributed by atoms with Gasteiger partial charge in [0.1, 0.15) is 6.04 Å². The van der Waals surface area contributed by atoms with Gasteiger partial charge < -0.3 is 10.2 Å². The molecule has 2 amide bonds. The van der Waals surface area contributed by atoms with Crippen molar-refractivity contribution in [1.29, 1.82) is 0 Å². The van der Waals surface area contributed by atoms with E-state index in [-0.39, 0.29) is 17.7 Å². The summed E-state index contributed by atoms with van der Waals surface area (Å²) in [6, 6.07) is 4.95. The van der Waals surface area contributed by atoms with E-state index in [0.29, 0.717) is 28.2 Å². The van der Waals surface area contributed by atoms with Crippen LogP contribution in [-0.2, 0) is 9.59 Å².